The largest absolute Gasteiger partial charge is 0.461 e. The molecule has 8 nitrogen and oxygen atoms in total. The quantitative estimate of drug-likeness (QED) is 0.590. The number of hydrogen-bond donors (Lipinski definition) is 2. The van der Waals surface area contributed by atoms with Gasteiger partial charge in [-0.05, 0) is 75.3 Å². The number of aryl methyl sites for hydroxylation is 1. The summed E-state index contributed by atoms with van der Waals surface area (Å²) in [5.74, 6) is 0.793. The Bertz CT molecular complexity index is 1260. The second kappa shape index (κ2) is 8.76. The fourth-order valence-electron chi connectivity index (χ4n) is 7.74. The first-order chi connectivity index (χ1) is 18.2. The number of aliphatic hydroxyl groups is 1. The van der Waals surface area contributed by atoms with Gasteiger partial charge in [-0.2, -0.15) is 9.97 Å². The summed E-state index contributed by atoms with van der Waals surface area (Å²) >= 11 is 0. The smallest absolute Gasteiger partial charge is 0.318 e. The van der Waals surface area contributed by atoms with Crippen LogP contribution in [-0.2, 0) is 29.8 Å². The molecule has 38 heavy (non-hydrogen) atoms. The molecule has 1 aromatic heterocycles. The van der Waals surface area contributed by atoms with E-state index in [1.807, 2.05) is 13.0 Å². The third-order valence-electron chi connectivity index (χ3n) is 9.62. The molecule has 0 saturated carbocycles. The predicted octanol–water partition coefficient (Wildman–Crippen LogP) is 3.28. The second-order valence-electron chi connectivity index (χ2n) is 12.5. The molecule has 3 fully saturated rings. The maximum Gasteiger partial charge on any atom is 0.318 e. The van der Waals surface area contributed by atoms with E-state index < -0.39 is 17.4 Å². The van der Waals surface area contributed by atoms with Crippen molar-refractivity contribution in [2.75, 3.05) is 43.4 Å². The molecule has 4 unspecified atom stereocenters. The number of benzene rings is 1. The number of anilines is 2. The van der Waals surface area contributed by atoms with Gasteiger partial charge in [0.1, 0.15) is 18.6 Å². The molecule has 5 heterocycles. The number of rotatable bonds is 4. The van der Waals surface area contributed by atoms with Crippen LogP contribution in [0.3, 0.4) is 0 Å². The van der Waals surface area contributed by atoms with Crippen LogP contribution >= 0.6 is 0 Å². The highest BCUT2D eigenvalue weighted by Gasteiger charge is 2.50. The third kappa shape index (κ3) is 4.05. The van der Waals surface area contributed by atoms with E-state index in [2.05, 4.69) is 21.9 Å². The Kier molecular flexibility index (Phi) is 5.66. The molecule has 3 N–H and O–H groups in total. The molecule has 0 bridgehead atoms. The molecular formula is C29H38FN5O3. The lowest BCUT2D eigenvalue weighted by atomic mass is 9.86. The maximum atomic E-state index is 14.4. The minimum Gasteiger partial charge on any atom is -0.461 e. The van der Waals surface area contributed by atoms with Crippen molar-refractivity contribution in [1.29, 1.82) is 0 Å². The molecule has 1 aliphatic carbocycles. The van der Waals surface area contributed by atoms with Crippen molar-refractivity contribution < 1.29 is 19.0 Å². The molecule has 4 atom stereocenters. The number of nitrogens with two attached hydrogens (primary N) is 1. The Morgan fingerprint density at radius 2 is 2.08 bits per heavy atom. The van der Waals surface area contributed by atoms with Crippen LogP contribution in [0.4, 0.5) is 15.9 Å². The number of hydrogen-bond acceptors (Lipinski definition) is 8. The predicted molar refractivity (Wildman–Crippen MR) is 142 cm³/mol. The van der Waals surface area contributed by atoms with Crippen molar-refractivity contribution in [3.05, 3.63) is 40.6 Å². The van der Waals surface area contributed by atoms with Crippen LogP contribution in [-0.4, -0.2) is 70.1 Å². The van der Waals surface area contributed by atoms with Gasteiger partial charge in [-0.15, -0.1) is 0 Å². The van der Waals surface area contributed by atoms with E-state index in [4.69, 9.17) is 25.2 Å². The van der Waals surface area contributed by atoms with E-state index in [1.165, 1.54) is 5.56 Å². The van der Waals surface area contributed by atoms with Gasteiger partial charge in [0.05, 0.1) is 29.0 Å². The number of nitrogens with zero attached hydrogens (tertiary/aromatic N) is 4. The average molecular weight is 524 g/mol. The zero-order valence-corrected chi connectivity index (χ0v) is 22.2. The van der Waals surface area contributed by atoms with Crippen molar-refractivity contribution in [3.8, 4) is 6.01 Å². The highest BCUT2D eigenvalue weighted by Crippen LogP contribution is 2.48. The standard InChI is InChI=1S/C29H38FN5O3/c1-27(36)7-2-10-34(17-27)25-22-16-38-29(9-6-19-4-5-21(31)12-23(19)29)14-24(22)32-26(33-25)37-18-28-8-3-11-35(28)15-20(30)13-28/h4-5,12,20,36H,2-3,6-11,13-18,31H2,1H3. The van der Waals surface area contributed by atoms with Crippen LogP contribution in [0, 0.1) is 0 Å². The van der Waals surface area contributed by atoms with E-state index in [0.29, 0.717) is 45.2 Å². The maximum absolute atomic E-state index is 14.4. The monoisotopic (exact) mass is 523 g/mol. The lowest BCUT2D eigenvalue weighted by Crippen LogP contribution is -2.47. The van der Waals surface area contributed by atoms with E-state index in [1.54, 1.807) is 0 Å². The van der Waals surface area contributed by atoms with E-state index in [0.717, 1.165) is 79.9 Å². The topological polar surface area (TPSA) is 97.0 Å². The summed E-state index contributed by atoms with van der Waals surface area (Å²) in [5, 5.41) is 10.9. The van der Waals surface area contributed by atoms with Gasteiger partial charge in [0.2, 0.25) is 0 Å². The van der Waals surface area contributed by atoms with Crippen LogP contribution in [0.2, 0.25) is 0 Å². The third-order valence-corrected chi connectivity index (χ3v) is 9.62. The lowest BCUT2D eigenvalue weighted by molar-refractivity contribution is -0.0731. The number of aromatic nitrogens is 2. The first kappa shape index (κ1) is 24.5. The van der Waals surface area contributed by atoms with Gasteiger partial charge < -0.3 is 25.2 Å². The molecule has 204 valence electrons. The molecule has 2 aromatic rings. The van der Waals surface area contributed by atoms with E-state index in [9.17, 15) is 9.50 Å². The SMILES string of the molecule is CC1(O)CCCN(c2nc(OCC34CCCN3CC(F)C4)nc3c2COC2(CCc4ccc(N)cc42)C3)C1. The highest BCUT2D eigenvalue weighted by atomic mass is 19.1. The first-order valence-corrected chi connectivity index (χ1v) is 14.2. The van der Waals surface area contributed by atoms with Gasteiger partial charge >= 0.3 is 6.01 Å². The Labute approximate surface area is 223 Å². The van der Waals surface area contributed by atoms with Crippen LogP contribution in [0.5, 0.6) is 6.01 Å². The van der Waals surface area contributed by atoms with Gasteiger partial charge in [0.25, 0.3) is 0 Å². The van der Waals surface area contributed by atoms with Crippen molar-refractivity contribution in [3.63, 3.8) is 0 Å². The van der Waals surface area contributed by atoms with Crippen LogP contribution in [0.15, 0.2) is 18.2 Å². The second-order valence-corrected chi connectivity index (χ2v) is 12.5. The minimum atomic E-state index is -0.804. The van der Waals surface area contributed by atoms with Crippen molar-refractivity contribution in [2.45, 2.75) is 87.8 Å². The minimum absolute atomic E-state index is 0.264. The molecule has 5 aliphatic rings. The zero-order valence-electron chi connectivity index (χ0n) is 22.2. The number of alkyl halides is 1. The molecule has 0 amide bonds. The van der Waals surface area contributed by atoms with Crippen molar-refractivity contribution in [1.82, 2.24) is 14.9 Å². The molecular weight excluding hydrogens is 485 g/mol. The summed E-state index contributed by atoms with van der Waals surface area (Å²) in [6, 6.07) is 6.46. The Hall–Kier alpha value is -2.49. The molecule has 9 heteroatoms. The Morgan fingerprint density at radius 1 is 1.21 bits per heavy atom. The first-order valence-electron chi connectivity index (χ1n) is 14.2. The summed E-state index contributed by atoms with van der Waals surface area (Å²) < 4.78 is 27.4. The van der Waals surface area contributed by atoms with E-state index in [-0.39, 0.29) is 5.54 Å². The Balaban J connectivity index is 1.24. The fourth-order valence-corrected chi connectivity index (χ4v) is 7.74. The molecule has 1 aromatic carbocycles. The molecule has 7 rings (SSSR count). The summed E-state index contributed by atoms with van der Waals surface area (Å²) in [6.45, 7) is 5.41. The summed E-state index contributed by atoms with van der Waals surface area (Å²) in [4.78, 5) is 14.3. The highest BCUT2D eigenvalue weighted by molar-refractivity contribution is 5.54. The zero-order chi connectivity index (χ0) is 26.1. The molecule has 3 saturated heterocycles. The van der Waals surface area contributed by atoms with Gasteiger partial charge in [-0.3, -0.25) is 4.90 Å². The number of fused-ring (bicyclic) bond motifs is 4. The van der Waals surface area contributed by atoms with Crippen LogP contribution in [0.25, 0.3) is 0 Å². The van der Waals surface area contributed by atoms with Crippen LogP contribution in [0.1, 0.15) is 67.8 Å². The number of nitrogen functional groups attached to an aromatic ring is 1. The van der Waals surface area contributed by atoms with Gasteiger partial charge in [-0.1, -0.05) is 6.07 Å². The number of halogens is 1. The fraction of sp³-hybridized carbons (Fsp3) is 0.655. The number of β-amino-alcohol motifs (C(OH)–C–C–N with tert-alkyl or cyclic N) is 1. The lowest BCUT2D eigenvalue weighted by Gasteiger charge is -2.41. The molecule has 1 spiro atoms. The van der Waals surface area contributed by atoms with Crippen LogP contribution < -0.4 is 15.4 Å². The van der Waals surface area contributed by atoms with E-state index >= 15 is 0 Å². The van der Waals surface area contributed by atoms with Gasteiger partial charge in [0.15, 0.2) is 0 Å². The van der Waals surface area contributed by atoms with Crippen molar-refractivity contribution in [2.24, 2.45) is 0 Å². The molecule has 4 aliphatic heterocycles. The Morgan fingerprint density at radius 3 is 2.95 bits per heavy atom. The van der Waals surface area contributed by atoms with Gasteiger partial charge in [0, 0.05) is 43.7 Å². The summed E-state index contributed by atoms with van der Waals surface area (Å²) in [6.07, 6.45) is 5.82. The summed E-state index contributed by atoms with van der Waals surface area (Å²) in [7, 11) is 0. The van der Waals surface area contributed by atoms with Crippen molar-refractivity contribution >= 4 is 11.5 Å². The number of piperidine rings is 1. The number of ether oxygens (including phenoxy) is 2. The summed E-state index contributed by atoms with van der Waals surface area (Å²) in [5.41, 5.74) is 9.77. The molecule has 0 radical (unpaired) electrons. The normalized spacial score (nSPS) is 34.4. The van der Waals surface area contributed by atoms with Gasteiger partial charge in [-0.25, -0.2) is 4.39 Å². The average Bonchev–Trinajstić information content (AvgIpc) is 3.52.